The second-order valence-electron chi connectivity index (χ2n) is 9.37. The predicted octanol–water partition coefficient (Wildman–Crippen LogP) is 3.40. The number of imidazole rings is 1. The van der Waals surface area contributed by atoms with Crippen molar-refractivity contribution in [3.05, 3.63) is 71.0 Å². The summed E-state index contributed by atoms with van der Waals surface area (Å²) < 4.78 is 54.3. The van der Waals surface area contributed by atoms with E-state index < -0.39 is 41.8 Å². The summed E-state index contributed by atoms with van der Waals surface area (Å²) in [6.45, 7) is 0.407. The highest BCUT2D eigenvalue weighted by molar-refractivity contribution is 6.30. The van der Waals surface area contributed by atoms with Crippen LogP contribution in [0.3, 0.4) is 0 Å². The van der Waals surface area contributed by atoms with Crippen molar-refractivity contribution in [3.63, 3.8) is 0 Å². The van der Waals surface area contributed by atoms with Crippen LogP contribution in [0, 0.1) is 5.82 Å². The van der Waals surface area contributed by atoms with Crippen molar-refractivity contribution in [3.8, 4) is 0 Å². The number of fused-ring (bicyclic) bond motifs is 1. The van der Waals surface area contributed by atoms with Crippen molar-refractivity contribution < 1.29 is 31.9 Å². The number of halogens is 5. The molecule has 4 heterocycles. The molecule has 3 amide bonds. The zero-order valence-electron chi connectivity index (χ0n) is 19.8. The first-order valence-electron chi connectivity index (χ1n) is 11.9. The number of carbonyl (C=O) groups excluding carboxylic acids is 3. The number of hydrogen-bond donors (Lipinski definition) is 1. The van der Waals surface area contributed by atoms with Gasteiger partial charge in [0.25, 0.3) is 5.91 Å². The zero-order valence-corrected chi connectivity index (χ0v) is 20.5. The summed E-state index contributed by atoms with van der Waals surface area (Å²) in [4.78, 5) is 45.2. The first-order valence-corrected chi connectivity index (χ1v) is 12.2. The van der Waals surface area contributed by atoms with Crippen LogP contribution in [0.25, 0.3) is 5.52 Å². The molecule has 8 nitrogen and oxygen atoms in total. The number of amides is 3. The molecule has 1 aromatic carbocycles. The van der Waals surface area contributed by atoms with Gasteiger partial charge in [-0.1, -0.05) is 11.6 Å². The Hall–Kier alpha value is -3.67. The minimum absolute atomic E-state index is 0.0309. The average Bonchev–Trinajstić information content (AvgIpc) is 3.49. The Labute approximate surface area is 219 Å². The molecule has 38 heavy (non-hydrogen) atoms. The lowest BCUT2D eigenvalue weighted by molar-refractivity contribution is -0.174. The molecular formula is C25H22ClF4N5O3. The van der Waals surface area contributed by atoms with E-state index in [4.69, 9.17) is 11.6 Å². The highest BCUT2D eigenvalue weighted by atomic mass is 35.5. The Morgan fingerprint density at radius 3 is 2.66 bits per heavy atom. The van der Waals surface area contributed by atoms with E-state index in [-0.39, 0.29) is 30.4 Å². The van der Waals surface area contributed by atoms with Gasteiger partial charge in [0.2, 0.25) is 5.91 Å². The van der Waals surface area contributed by atoms with Gasteiger partial charge in [-0.3, -0.25) is 14.4 Å². The van der Waals surface area contributed by atoms with Crippen LogP contribution in [0.15, 0.2) is 49.1 Å². The van der Waals surface area contributed by atoms with E-state index in [1.807, 2.05) is 0 Å². The maximum Gasteiger partial charge on any atom is 0.471 e. The molecule has 2 aliphatic heterocycles. The molecule has 2 fully saturated rings. The normalized spacial score (nSPS) is 22.2. The number of piperidine rings is 1. The minimum atomic E-state index is -5.13. The molecule has 5 rings (SSSR count). The van der Waals surface area contributed by atoms with Crippen molar-refractivity contribution in [2.24, 2.45) is 0 Å². The van der Waals surface area contributed by atoms with Crippen LogP contribution in [-0.4, -0.2) is 74.8 Å². The number of rotatable bonds is 4. The molecule has 0 radical (unpaired) electrons. The van der Waals surface area contributed by atoms with Crippen molar-refractivity contribution in [2.75, 3.05) is 19.6 Å². The van der Waals surface area contributed by atoms with Gasteiger partial charge in [-0.15, -0.1) is 0 Å². The van der Waals surface area contributed by atoms with Crippen LogP contribution < -0.4 is 5.32 Å². The third kappa shape index (κ3) is 4.92. The summed E-state index contributed by atoms with van der Waals surface area (Å²) in [5, 5.41) is 1.92. The van der Waals surface area contributed by atoms with Crippen molar-refractivity contribution in [2.45, 2.75) is 37.0 Å². The van der Waals surface area contributed by atoms with Crippen LogP contribution >= 0.6 is 11.6 Å². The van der Waals surface area contributed by atoms with E-state index in [0.717, 1.165) is 6.07 Å². The molecule has 0 aliphatic carbocycles. The molecule has 3 atom stereocenters. The second-order valence-corrected chi connectivity index (χ2v) is 9.81. The first-order chi connectivity index (χ1) is 18.0. The van der Waals surface area contributed by atoms with Crippen LogP contribution in [0.5, 0.6) is 0 Å². The van der Waals surface area contributed by atoms with Gasteiger partial charge in [-0.05, 0) is 48.7 Å². The summed E-state index contributed by atoms with van der Waals surface area (Å²) in [7, 11) is 0. The fourth-order valence-electron chi connectivity index (χ4n) is 5.32. The summed E-state index contributed by atoms with van der Waals surface area (Å²) in [6, 6.07) is 5.36. The number of aromatic nitrogens is 2. The molecule has 2 aliphatic rings. The minimum Gasteiger partial charge on any atom is -0.336 e. The van der Waals surface area contributed by atoms with Gasteiger partial charge in [-0.2, -0.15) is 13.2 Å². The number of pyridine rings is 1. The number of alkyl halides is 3. The molecule has 0 saturated carbocycles. The van der Waals surface area contributed by atoms with Gasteiger partial charge >= 0.3 is 12.1 Å². The fraction of sp³-hybridized carbons (Fsp3) is 0.360. The highest BCUT2D eigenvalue weighted by Gasteiger charge is 2.46. The summed E-state index contributed by atoms with van der Waals surface area (Å²) >= 11 is 6.09. The van der Waals surface area contributed by atoms with E-state index in [0.29, 0.717) is 29.6 Å². The molecule has 13 heteroatoms. The van der Waals surface area contributed by atoms with Crippen LogP contribution in [0.4, 0.5) is 17.6 Å². The molecular weight excluding hydrogens is 530 g/mol. The monoisotopic (exact) mass is 551 g/mol. The van der Waals surface area contributed by atoms with Gasteiger partial charge in [-0.25, -0.2) is 9.37 Å². The fourth-order valence-corrected chi connectivity index (χ4v) is 5.55. The maximum absolute atomic E-state index is 14.2. The van der Waals surface area contributed by atoms with Crippen LogP contribution in [0.2, 0.25) is 5.02 Å². The average molecular weight is 552 g/mol. The number of hydrogen-bond acceptors (Lipinski definition) is 4. The van der Waals surface area contributed by atoms with E-state index in [2.05, 4.69) is 4.98 Å². The lowest BCUT2D eigenvalue weighted by Gasteiger charge is -2.43. The van der Waals surface area contributed by atoms with E-state index in [1.165, 1.54) is 11.0 Å². The molecule has 3 aromatic rings. The Kier molecular flexibility index (Phi) is 6.76. The molecule has 2 aromatic heterocycles. The topological polar surface area (TPSA) is 87.0 Å². The standard InChI is InChI=1S/C25H22ClF4N5O3/c26-15-8-14(9-16(27)10-15)17-3-6-33(22(36)18-2-1-5-34-13-31-11-20(18)34)12-21(17)35-7-4-19(23(35)37)32-24(38)25(28,29)30/h1-2,5,8-11,13,17,19,21H,3-4,6-7,12H2,(H,32,38)/t17-,19?,21+/m0/s1. The Bertz CT molecular complexity index is 1390. The molecule has 1 N–H and O–H groups in total. The van der Waals surface area contributed by atoms with Gasteiger partial charge in [0.05, 0.1) is 29.6 Å². The summed E-state index contributed by atoms with van der Waals surface area (Å²) in [5.41, 5.74) is 1.51. The zero-order chi connectivity index (χ0) is 27.2. The quantitative estimate of drug-likeness (QED) is 0.504. The molecule has 0 spiro atoms. The van der Waals surface area contributed by atoms with E-state index in [9.17, 15) is 31.9 Å². The number of nitrogens with zero attached hydrogens (tertiary/aromatic N) is 4. The van der Waals surface area contributed by atoms with Crippen LogP contribution in [0.1, 0.15) is 34.7 Å². The lowest BCUT2D eigenvalue weighted by atomic mass is 9.84. The lowest BCUT2D eigenvalue weighted by Crippen LogP contribution is -2.55. The van der Waals surface area contributed by atoms with E-state index in [1.54, 1.807) is 51.5 Å². The van der Waals surface area contributed by atoms with Crippen molar-refractivity contribution in [1.82, 2.24) is 24.5 Å². The number of carbonyl (C=O) groups is 3. The third-order valence-electron chi connectivity index (χ3n) is 7.07. The van der Waals surface area contributed by atoms with E-state index >= 15 is 0 Å². The predicted molar refractivity (Wildman–Crippen MR) is 128 cm³/mol. The molecule has 200 valence electrons. The molecule has 2 saturated heterocycles. The SMILES string of the molecule is O=C(c1cccn2cncc12)N1CC[C@@H](c2cc(F)cc(Cl)c2)[C@H](N2CCC(NC(=O)C(F)(F)F)C2=O)C1. The summed E-state index contributed by atoms with van der Waals surface area (Å²) in [5.74, 6) is -4.20. The second kappa shape index (κ2) is 9.90. The molecule has 0 bridgehead atoms. The number of benzene rings is 1. The largest absolute Gasteiger partial charge is 0.471 e. The highest BCUT2D eigenvalue weighted by Crippen LogP contribution is 2.36. The van der Waals surface area contributed by atoms with Gasteiger partial charge in [0.1, 0.15) is 11.9 Å². The third-order valence-corrected chi connectivity index (χ3v) is 7.29. The van der Waals surface area contributed by atoms with Gasteiger partial charge < -0.3 is 19.5 Å². The van der Waals surface area contributed by atoms with Crippen molar-refractivity contribution in [1.29, 1.82) is 0 Å². The van der Waals surface area contributed by atoms with Crippen molar-refractivity contribution >= 4 is 34.8 Å². The van der Waals surface area contributed by atoms with Crippen LogP contribution in [-0.2, 0) is 9.59 Å². The Balaban J connectivity index is 1.44. The first kappa shape index (κ1) is 26.0. The number of nitrogens with one attached hydrogen (secondary N) is 1. The smallest absolute Gasteiger partial charge is 0.336 e. The Morgan fingerprint density at radius 2 is 1.92 bits per heavy atom. The summed E-state index contributed by atoms with van der Waals surface area (Å²) in [6.07, 6.45) is 0.0630. The molecule has 1 unspecified atom stereocenters. The van der Waals surface area contributed by atoms with Gasteiger partial charge in [0.15, 0.2) is 0 Å². The van der Waals surface area contributed by atoms with Gasteiger partial charge in [0, 0.05) is 36.8 Å². The number of likely N-dealkylation sites (tertiary alicyclic amines) is 2. The maximum atomic E-state index is 14.2. The Morgan fingerprint density at radius 1 is 1.13 bits per heavy atom.